The molecule has 1 aromatic heterocycles. The second-order valence-electron chi connectivity index (χ2n) is 15.2. The van der Waals surface area contributed by atoms with Gasteiger partial charge in [-0.25, -0.2) is 4.99 Å². The molecule has 0 radical (unpaired) electrons. The third-order valence-electron chi connectivity index (χ3n) is 11.6. The van der Waals surface area contributed by atoms with Gasteiger partial charge in [0, 0.05) is 22.3 Å². The van der Waals surface area contributed by atoms with Crippen LogP contribution in [-0.4, -0.2) is 5.84 Å². The van der Waals surface area contributed by atoms with E-state index in [0.29, 0.717) is 0 Å². The summed E-state index contributed by atoms with van der Waals surface area (Å²) in [5, 5.41) is 11.9. The summed E-state index contributed by atoms with van der Waals surface area (Å²) in [7, 11) is 0. The Kier molecular flexibility index (Phi) is 8.99. The molecule has 0 amide bonds. The van der Waals surface area contributed by atoms with Crippen molar-refractivity contribution < 1.29 is 4.42 Å². The van der Waals surface area contributed by atoms with Crippen molar-refractivity contribution in [3.63, 3.8) is 0 Å². The van der Waals surface area contributed by atoms with E-state index < -0.39 is 0 Å². The van der Waals surface area contributed by atoms with Gasteiger partial charge >= 0.3 is 0 Å². The summed E-state index contributed by atoms with van der Waals surface area (Å²) in [6.45, 7) is 0. The van der Waals surface area contributed by atoms with Crippen molar-refractivity contribution >= 4 is 55.6 Å². The summed E-state index contributed by atoms with van der Waals surface area (Å²) < 4.78 is 6.73. The van der Waals surface area contributed by atoms with E-state index in [4.69, 9.17) is 9.41 Å². The Labute approximate surface area is 348 Å². The maximum atomic E-state index is 6.73. The number of hydrogen-bond acceptors (Lipinski definition) is 5. The highest BCUT2D eigenvalue weighted by Gasteiger charge is 2.27. The fourth-order valence-electron chi connectivity index (χ4n) is 8.69. The van der Waals surface area contributed by atoms with Crippen LogP contribution in [-0.2, 0) is 0 Å². The lowest BCUT2D eigenvalue weighted by Crippen LogP contribution is -2.45. The highest BCUT2D eigenvalue weighted by Crippen LogP contribution is 2.44. The third kappa shape index (κ3) is 6.48. The molecule has 9 aromatic carbocycles. The number of amidine groups is 1. The van der Waals surface area contributed by atoms with Crippen LogP contribution < -0.4 is 15.5 Å². The van der Waals surface area contributed by atoms with Gasteiger partial charge in [0.05, 0.1) is 11.1 Å². The second kappa shape index (κ2) is 15.2. The lowest BCUT2D eigenvalue weighted by molar-refractivity contribution is 0.410. The predicted molar refractivity (Wildman–Crippen MR) is 248 cm³/mol. The Balaban J connectivity index is 0.998. The number of hydrogen-bond donors (Lipinski definition) is 2. The molecule has 2 unspecified atom stereocenters. The van der Waals surface area contributed by atoms with Gasteiger partial charge in [-0.15, -0.1) is 0 Å². The fourth-order valence-corrected chi connectivity index (χ4v) is 8.69. The lowest BCUT2D eigenvalue weighted by atomic mass is 9.93. The zero-order chi connectivity index (χ0) is 39.8. The zero-order valence-corrected chi connectivity index (χ0v) is 32.7. The number of para-hydroxylation sites is 1. The number of rotatable bonds is 8. The number of aliphatic imine (C=N–C) groups is 1. The van der Waals surface area contributed by atoms with E-state index in [-0.39, 0.29) is 12.3 Å². The Hall–Kier alpha value is -7.73. The van der Waals surface area contributed by atoms with E-state index in [1.165, 1.54) is 11.1 Å². The van der Waals surface area contributed by atoms with E-state index in [2.05, 4.69) is 228 Å². The summed E-state index contributed by atoms with van der Waals surface area (Å²) >= 11 is 0. The smallest absolute Gasteiger partial charge is 0.137 e. The Bertz CT molecular complexity index is 3140. The van der Waals surface area contributed by atoms with Gasteiger partial charge in [-0.1, -0.05) is 170 Å². The van der Waals surface area contributed by atoms with Gasteiger partial charge in [0.2, 0.25) is 0 Å². The van der Waals surface area contributed by atoms with Crippen molar-refractivity contribution in [2.75, 3.05) is 4.90 Å². The number of nitrogens with zero attached hydrogens (tertiary/aromatic N) is 2. The first-order chi connectivity index (χ1) is 29.7. The summed E-state index contributed by atoms with van der Waals surface area (Å²) in [6.07, 6.45) is -0.391. The molecule has 0 spiro atoms. The quantitative estimate of drug-likeness (QED) is 0.161. The van der Waals surface area contributed by atoms with Crippen molar-refractivity contribution in [3.8, 4) is 22.3 Å². The number of benzene rings is 9. The first kappa shape index (κ1) is 35.4. The van der Waals surface area contributed by atoms with Gasteiger partial charge in [0.25, 0.3) is 0 Å². The van der Waals surface area contributed by atoms with Gasteiger partial charge in [0.1, 0.15) is 29.3 Å². The van der Waals surface area contributed by atoms with Crippen molar-refractivity contribution in [1.82, 2.24) is 10.6 Å². The van der Waals surface area contributed by atoms with Crippen LogP contribution in [0.15, 0.2) is 228 Å². The van der Waals surface area contributed by atoms with Crippen molar-refractivity contribution in [3.05, 3.63) is 235 Å². The van der Waals surface area contributed by atoms with Gasteiger partial charge in [-0.3, -0.25) is 5.32 Å². The molecule has 2 N–H and O–H groups in total. The van der Waals surface area contributed by atoms with Gasteiger partial charge in [-0.2, -0.15) is 0 Å². The van der Waals surface area contributed by atoms with E-state index in [0.717, 1.165) is 83.4 Å². The summed E-state index contributed by atoms with van der Waals surface area (Å²) in [5.74, 6) is 0.867. The molecule has 2 heterocycles. The molecule has 11 rings (SSSR count). The lowest BCUT2D eigenvalue weighted by Gasteiger charge is -2.32. The monoisotopic (exact) mass is 772 g/mol. The molecule has 0 saturated carbocycles. The fraction of sp³-hybridized carbons (Fsp3) is 0.0364. The number of nitrogens with one attached hydrogen (secondary N) is 2. The molecular formula is C55H40N4O. The van der Waals surface area contributed by atoms with Crippen LogP contribution in [0, 0.1) is 0 Å². The molecule has 0 saturated heterocycles. The molecule has 5 heteroatoms. The highest BCUT2D eigenvalue weighted by molar-refractivity contribution is 6.14. The van der Waals surface area contributed by atoms with Gasteiger partial charge in [0.15, 0.2) is 0 Å². The average Bonchev–Trinajstić information content (AvgIpc) is 3.71. The van der Waals surface area contributed by atoms with E-state index >= 15 is 0 Å². The summed E-state index contributed by atoms with van der Waals surface area (Å²) in [4.78, 5) is 7.60. The molecule has 1 aliphatic rings. The second-order valence-corrected chi connectivity index (χ2v) is 15.2. The van der Waals surface area contributed by atoms with Crippen LogP contribution >= 0.6 is 0 Å². The van der Waals surface area contributed by atoms with Gasteiger partial charge in [-0.05, 0) is 92.7 Å². The van der Waals surface area contributed by atoms with E-state index in [1.807, 2.05) is 6.07 Å². The van der Waals surface area contributed by atoms with Crippen LogP contribution in [0.2, 0.25) is 0 Å². The van der Waals surface area contributed by atoms with Crippen LogP contribution in [0.5, 0.6) is 0 Å². The molecular weight excluding hydrogens is 733 g/mol. The van der Waals surface area contributed by atoms with E-state index in [9.17, 15) is 0 Å². The normalized spacial score (nSPS) is 15.2. The third-order valence-corrected chi connectivity index (χ3v) is 11.6. The molecule has 0 fully saturated rings. The zero-order valence-electron chi connectivity index (χ0n) is 32.7. The molecule has 1 aliphatic heterocycles. The number of anilines is 3. The van der Waals surface area contributed by atoms with E-state index in [1.54, 1.807) is 0 Å². The van der Waals surface area contributed by atoms with Crippen LogP contribution in [0.3, 0.4) is 0 Å². The van der Waals surface area contributed by atoms with Crippen molar-refractivity contribution in [2.45, 2.75) is 12.3 Å². The predicted octanol–water partition coefficient (Wildman–Crippen LogP) is 13.9. The minimum Gasteiger partial charge on any atom is -0.456 e. The Morgan fingerprint density at radius 2 is 1.07 bits per heavy atom. The average molecular weight is 773 g/mol. The molecule has 0 bridgehead atoms. The maximum absolute atomic E-state index is 6.73. The first-order valence-corrected chi connectivity index (χ1v) is 20.4. The number of furan rings is 1. The maximum Gasteiger partial charge on any atom is 0.137 e. The molecule has 60 heavy (non-hydrogen) atoms. The largest absolute Gasteiger partial charge is 0.456 e. The first-order valence-electron chi connectivity index (χ1n) is 20.4. The van der Waals surface area contributed by atoms with Crippen molar-refractivity contribution in [2.24, 2.45) is 4.99 Å². The molecule has 0 aliphatic carbocycles. The van der Waals surface area contributed by atoms with Crippen LogP contribution in [0.25, 0.3) is 55.0 Å². The summed E-state index contributed by atoms with van der Waals surface area (Å²) in [6, 6.07) is 76.9. The molecule has 5 nitrogen and oxygen atoms in total. The molecule has 2 atom stereocenters. The molecule has 10 aromatic rings. The summed E-state index contributed by atoms with van der Waals surface area (Å²) in [5.41, 5.74) is 12.8. The van der Waals surface area contributed by atoms with Crippen molar-refractivity contribution in [1.29, 1.82) is 0 Å². The minimum atomic E-state index is -0.274. The standard InChI is InChI=1S/C55H40N4O/c1-5-16-37(17-6-1)38-28-31-43(32-29-38)59(42-22-11-4-12-23-42)49-26-15-27-50-52(49)48-33-30-41(36-51(48)60-50)44-34-35-47(46-25-14-13-24-45(44)46)55-57-53(39-18-7-2-8-19-39)56-54(58-55)40-20-9-3-10-21-40/h1-36,53,55,57H,(H,56,58). The minimum absolute atomic E-state index is 0.116. The Morgan fingerprint density at radius 1 is 0.450 bits per heavy atom. The van der Waals surface area contributed by atoms with Crippen LogP contribution in [0.4, 0.5) is 17.1 Å². The SMILES string of the molecule is c1ccc(C2=NC(c3ccc(-c4ccc5c(c4)oc4cccc(N(c6ccccc6)c6ccc(-c7ccccc7)cc6)c45)c4ccccc34)NC(c3ccccc3)N2)cc1. The number of fused-ring (bicyclic) bond motifs is 4. The highest BCUT2D eigenvalue weighted by atomic mass is 16.3. The topological polar surface area (TPSA) is 52.8 Å². The van der Waals surface area contributed by atoms with Crippen LogP contribution in [0.1, 0.15) is 29.0 Å². The van der Waals surface area contributed by atoms with Gasteiger partial charge < -0.3 is 14.6 Å². The Morgan fingerprint density at radius 3 is 1.82 bits per heavy atom. The molecule has 286 valence electrons.